The van der Waals surface area contributed by atoms with Crippen molar-refractivity contribution in [2.24, 2.45) is 11.8 Å². The van der Waals surface area contributed by atoms with Crippen molar-refractivity contribution in [1.29, 1.82) is 5.26 Å². The molecule has 1 fully saturated rings. The van der Waals surface area contributed by atoms with Gasteiger partial charge in [0.15, 0.2) is 5.78 Å². The van der Waals surface area contributed by atoms with E-state index in [4.69, 9.17) is 28.5 Å². The molecule has 3 atom stereocenters. The molecule has 0 heterocycles. The maximum absolute atomic E-state index is 12.0. The quantitative estimate of drug-likeness (QED) is 0.835. The van der Waals surface area contributed by atoms with Gasteiger partial charge in [-0.05, 0) is 30.0 Å². The number of Topliss-reactive ketones (excluding diaryl/α,β-unsaturated/α-hetero) is 1. The van der Waals surface area contributed by atoms with E-state index in [9.17, 15) is 4.79 Å². The van der Waals surface area contributed by atoms with Crippen LogP contribution in [-0.2, 0) is 4.79 Å². The van der Waals surface area contributed by atoms with E-state index < -0.39 is 5.92 Å². The molecule has 1 aromatic rings. The summed E-state index contributed by atoms with van der Waals surface area (Å²) in [6.45, 7) is 2.02. The fourth-order valence-corrected chi connectivity index (χ4v) is 2.23. The minimum absolute atomic E-state index is 0.00149. The molecule has 0 N–H and O–H groups in total. The third-order valence-corrected chi connectivity index (χ3v) is 3.90. The van der Waals surface area contributed by atoms with Gasteiger partial charge in [0.25, 0.3) is 0 Å². The van der Waals surface area contributed by atoms with E-state index in [1.807, 2.05) is 6.92 Å². The highest BCUT2D eigenvalue weighted by atomic mass is 35.5. The summed E-state index contributed by atoms with van der Waals surface area (Å²) in [5.41, 5.74) is 0.631. The molecular formula is C13H11Cl2NO. The second kappa shape index (κ2) is 4.68. The van der Waals surface area contributed by atoms with Gasteiger partial charge in [0, 0.05) is 5.92 Å². The maximum Gasteiger partial charge on any atom is 0.157 e. The van der Waals surface area contributed by atoms with Crippen LogP contribution in [0.15, 0.2) is 18.2 Å². The first kappa shape index (κ1) is 12.4. The van der Waals surface area contributed by atoms with Crippen LogP contribution in [0.1, 0.15) is 24.8 Å². The molecule has 3 unspecified atom stereocenters. The number of ketones is 1. The standard InChI is InChI=1S/C13H11Cl2NO/c1-7-4-9(7)13(17)10(6-16)8-2-3-11(14)12(15)5-8/h2-3,5,7,9-10H,4H2,1H3. The van der Waals surface area contributed by atoms with Crippen LogP contribution >= 0.6 is 23.2 Å². The van der Waals surface area contributed by atoms with Gasteiger partial charge in [-0.2, -0.15) is 5.26 Å². The van der Waals surface area contributed by atoms with Crippen LogP contribution in [0.3, 0.4) is 0 Å². The number of nitriles is 1. The van der Waals surface area contributed by atoms with Gasteiger partial charge in [0.1, 0.15) is 5.92 Å². The Hall–Kier alpha value is -1.04. The average molecular weight is 268 g/mol. The molecule has 17 heavy (non-hydrogen) atoms. The second-order valence-corrected chi connectivity index (χ2v) is 5.27. The molecule has 1 aromatic carbocycles. The summed E-state index contributed by atoms with van der Waals surface area (Å²) in [5.74, 6) is -0.284. The van der Waals surface area contributed by atoms with Crippen LogP contribution in [0.5, 0.6) is 0 Å². The third kappa shape index (κ3) is 2.46. The Bertz CT molecular complexity index is 507. The lowest BCUT2D eigenvalue weighted by Crippen LogP contribution is -2.13. The number of rotatable bonds is 3. The molecular weight excluding hydrogens is 257 g/mol. The molecule has 0 saturated heterocycles. The Kier molecular flexibility index (Phi) is 3.42. The summed E-state index contributed by atoms with van der Waals surface area (Å²) in [6.07, 6.45) is 0.887. The number of halogens is 2. The maximum atomic E-state index is 12.0. The van der Waals surface area contributed by atoms with Gasteiger partial charge in [-0.3, -0.25) is 4.79 Å². The fraction of sp³-hybridized carbons (Fsp3) is 0.385. The monoisotopic (exact) mass is 267 g/mol. The third-order valence-electron chi connectivity index (χ3n) is 3.17. The summed E-state index contributed by atoms with van der Waals surface area (Å²) in [5, 5.41) is 9.93. The van der Waals surface area contributed by atoms with Crippen LogP contribution in [0.2, 0.25) is 10.0 Å². The van der Waals surface area contributed by atoms with E-state index in [2.05, 4.69) is 6.07 Å². The van der Waals surface area contributed by atoms with Crippen LogP contribution in [-0.4, -0.2) is 5.78 Å². The van der Waals surface area contributed by atoms with Crippen LogP contribution in [0.4, 0.5) is 0 Å². The van der Waals surface area contributed by atoms with Gasteiger partial charge in [0.05, 0.1) is 16.1 Å². The predicted molar refractivity (Wildman–Crippen MR) is 67.1 cm³/mol. The largest absolute Gasteiger partial charge is 0.298 e. The Morgan fingerprint density at radius 3 is 2.59 bits per heavy atom. The zero-order valence-electron chi connectivity index (χ0n) is 9.28. The molecule has 0 spiro atoms. The molecule has 0 aromatic heterocycles. The van der Waals surface area contributed by atoms with E-state index in [0.717, 1.165) is 6.42 Å². The number of benzene rings is 1. The molecule has 1 aliphatic rings. The van der Waals surface area contributed by atoms with Gasteiger partial charge in [-0.15, -0.1) is 0 Å². The van der Waals surface area contributed by atoms with E-state index in [1.165, 1.54) is 0 Å². The highest BCUT2D eigenvalue weighted by molar-refractivity contribution is 6.42. The first-order chi connectivity index (χ1) is 8.04. The normalized spacial score (nSPS) is 23.9. The number of carbonyl (C=O) groups excluding carboxylic acids is 1. The van der Waals surface area contributed by atoms with Crippen LogP contribution in [0, 0.1) is 23.2 Å². The van der Waals surface area contributed by atoms with Gasteiger partial charge >= 0.3 is 0 Å². The molecule has 0 aliphatic heterocycles. The van der Waals surface area contributed by atoms with Crippen molar-refractivity contribution >= 4 is 29.0 Å². The Morgan fingerprint density at radius 2 is 2.12 bits per heavy atom. The van der Waals surface area contributed by atoms with Gasteiger partial charge in [-0.25, -0.2) is 0 Å². The topological polar surface area (TPSA) is 40.9 Å². The van der Waals surface area contributed by atoms with Crippen molar-refractivity contribution in [3.05, 3.63) is 33.8 Å². The number of nitrogens with zero attached hydrogens (tertiary/aromatic N) is 1. The summed E-state index contributed by atoms with van der Waals surface area (Å²) in [6, 6.07) is 6.96. The molecule has 88 valence electrons. The average Bonchev–Trinajstić information content (AvgIpc) is 3.01. The van der Waals surface area contributed by atoms with Crippen LogP contribution < -0.4 is 0 Å². The zero-order chi connectivity index (χ0) is 12.6. The van der Waals surface area contributed by atoms with Crippen molar-refractivity contribution < 1.29 is 4.79 Å². The zero-order valence-corrected chi connectivity index (χ0v) is 10.8. The SMILES string of the molecule is CC1CC1C(=O)C(C#N)c1ccc(Cl)c(Cl)c1. The summed E-state index contributed by atoms with van der Waals surface area (Å²) in [4.78, 5) is 12.0. The first-order valence-corrected chi connectivity index (χ1v) is 6.18. The summed E-state index contributed by atoms with van der Waals surface area (Å²) >= 11 is 11.7. The van der Waals surface area contributed by atoms with Crippen molar-refractivity contribution in [2.45, 2.75) is 19.3 Å². The van der Waals surface area contributed by atoms with Crippen molar-refractivity contribution in [1.82, 2.24) is 0 Å². The predicted octanol–water partition coefficient (Wildman–Crippen LogP) is 3.83. The second-order valence-electron chi connectivity index (χ2n) is 4.46. The van der Waals surface area contributed by atoms with Gasteiger partial charge in [0.2, 0.25) is 0 Å². The molecule has 4 heteroatoms. The number of hydrogen-bond acceptors (Lipinski definition) is 2. The number of carbonyl (C=O) groups is 1. The number of hydrogen-bond donors (Lipinski definition) is 0. The van der Waals surface area contributed by atoms with E-state index in [1.54, 1.807) is 18.2 Å². The van der Waals surface area contributed by atoms with Gasteiger partial charge in [-0.1, -0.05) is 36.2 Å². The van der Waals surface area contributed by atoms with Crippen LogP contribution in [0.25, 0.3) is 0 Å². The smallest absolute Gasteiger partial charge is 0.157 e. The lowest BCUT2D eigenvalue weighted by Gasteiger charge is -2.09. The minimum atomic E-state index is -0.722. The molecule has 0 bridgehead atoms. The Morgan fingerprint density at radius 1 is 1.47 bits per heavy atom. The molecule has 2 rings (SSSR count). The van der Waals surface area contributed by atoms with E-state index >= 15 is 0 Å². The minimum Gasteiger partial charge on any atom is -0.298 e. The lowest BCUT2D eigenvalue weighted by molar-refractivity contribution is -0.120. The summed E-state index contributed by atoms with van der Waals surface area (Å²) < 4.78 is 0. The fourth-order valence-electron chi connectivity index (χ4n) is 1.93. The molecule has 0 amide bonds. The van der Waals surface area contributed by atoms with Crippen molar-refractivity contribution in [3.8, 4) is 6.07 Å². The molecule has 1 aliphatic carbocycles. The van der Waals surface area contributed by atoms with E-state index in [-0.39, 0.29) is 11.7 Å². The van der Waals surface area contributed by atoms with Crippen molar-refractivity contribution in [3.63, 3.8) is 0 Å². The Labute approximate surface area is 110 Å². The highest BCUT2D eigenvalue weighted by Gasteiger charge is 2.42. The van der Waals surface area contributed by atoms with Crippen molar-refractivity contribution in [2.75, 3.05) is 0 Å². The first-order valence-electron chi connectivity index (χ1n) is 5.43. The van der Waals surface area contributed by atoms with E-state index in [0.29, 0.717) is 21.5 Å². The molecule has 0 radical (unpaired) electrons. The highest BCUT2D eigenvalue weighted by Crippen LogP contribution is 2.42. The summed E-state index contributed by atoms with van der Waals surface area (Å²) in [7, 11) is 0. The molecule has 2 nitrogen and oxygen atoms in total. The molecule has 1 saturated carbocycles. The lowest BCUT2D eigenvalue weighted by atomic mass is 9.93. The Balaban J connectivity index is 2.26. The van der Waals surface area contributed by atoms with Gasteiger partial charge < -0.3 is 0 Å².